The predicted molar refractivity (Wildman–Crippen MR) is 132 cm³/mol. The Morgan fingerprint density at radius 3 is 2.36 bits per heavy atom. The summed E-state index contributed by atoms with van der Waals surface area (Å²) in [6.45, 7) is 2.87. The third-order valence-corrected chi connectivity index (χ3v) is 5.81. The fourth-order valence-corrected chi connectivity index (χ4v) is 4.18. The van der Waals surface area contributed by atoms with Crippen LogP contribution in [0.25, 0.3) is 39.2 Å². The molecule has 5 heteroatoms. The maximum absolute atomic E-state index is 9.26. The lowest BCUT2D eigenvalue weighted by Gasteiger charge is -2.16. The summed E-state index contributed by atoms with van der Waals surface area (Å²) < 4.78 is 1.93. The van der Waals surface area contributed by atoms with E-state index in [-0.39, 0.29) is 0 Å². The molecule has 5 nitrogen and oxygen atoms in total. The first kappa shape index (κ1) is 20.6. The zero-order chi connectivity index (χ0) is 22.8. The van der Waals surface area contributed by atoms with Gasteiger partial charge in [0.2, 0.25) is 0 Å². The molecule has 0 unspecified atom stereocenters. The average Bonchev–Trinajstić information content (AvgIpc) is 3.34. The minimum Gasteiger partial charge on any atom is -0.316 e. The molecule has 1 N–H and O–H groups in total. The number of fused-ring (bicyclic) bond motifs is 1. The van der Waals surface area contributed by atoms with Crippen LogP contribution in [0.2, 0.25) is 0 Å². The van der Waals surface area contributed by atoms with Gasteiger partial charge in [-0.25, -0.2) is 9.50 Å². The van der Waals surface area contributed by atoms with Gasteiger partial charge in [-0.1, -0.05) is 60.2 Å². The Bertz CT molecular complexity index is 1470. The number of nitrogens with zero attached hydrogens (tertiary/aromatic N) is 4. The Kier molecular flexibility index (Phi) is 5.43. The van der Waals surface area contributed by atoms with Crippen molar-refractivity contribution in [3.63, 3.8) is 0 Å². The van der Waals surface area contributed by atoms with Gasteiger partial charge in [-0.05, 0) is 54.9 Å². The Morgan fingerprint density at radius 1 is 0.879 bits per heavy atom. The minimum atomic E-state index is 0.637. The van der Waals surface area contributed by atoms with Crippen LogP contribution in [0, 0.1) is 18.3 Å². The predicted octanol–water partition coefficient (Wildman–Crippen LogP) is 5.63. The molecule has 2 heterocycles. The zero-order valence-corrected chi connectivity index (χ0v) is 18.6. The van der Waals surface area contributed by atoms with E-state index in [1.807, 2.05) is 35.8 Å². The summed E-state index contributed by atoms with van der Waals surface area (Å²) in [4.78, 5) is 4.63. The number of nitriles is 1. The molecule has 3 aromatic carbocycles. The largest absolute Gasteiger partial charge is 0.316 e. The van der Waals surface area contributed by atoms with Crippen molar-refractivity contribution in [2.45, 2.75) is 13.5 Å². The number of aryl methyl sites for hydroxylation is 1. The second-order valence-electron chi connectivity index (χ2n) is 8.10. The summed E-state index contributed by atoms with van der Waals surface area (Å²) in [5.41, 5.74) is 10.0. The van der Waals surface area contributed by atoms with E-state index in [9.17, 15) is 5.26 Å². The molecule has 0 aliphatic heterocycles. The summed E-state index contributed by atoms with van der Waals surface area (Å²) in [5, 5.41) is 17.1. The second-order valence-corrected chi connectivity index (χ2v) is 8.10. The fraction of sp³-hybridized carbons (Fsp3) is 0.107. The summed E-state index contributed by atoms with van der Waals surface area (Å²) in [7, 11) is 1.95. The monoisotopic (exact) mass is 429 g/mol. The van der Waals surface area contributed by atoms with Gasteiger partial charge in [-0.2, -0.15) is 10.4 Å². The van der Waals surface area contributed by atoms with E-state index in [1.165, 1.54) is 11.1 Å². The molecule has 0 fully saturated rings. The molecule has 5 rings (SSSR count). The van der Waals surface area contributed by atoms with Crippen LogP contribution in [-0.2, 0) is 6.54 Å². The molecule has 2 aromatic heterocycles. The Labute approximate surface area is 193 Å². The standard InChI is InChI=1S/C28H23N5/c1-19-6-10-23(11-7-19)27-25(22-12-8-20(16-29)9-13-22)15-26(28-31-18-32-33(27)28)24-5-3-4-21(14-24)17-30-2/h3-15,18,30H,17H2,1-2H3. The average molecular weight is 430 g/mol. The molecular formula is C28H23N5. The van der Waals surface area contributed by atoms with Crippen LogP contribution in [0.15, 0.2) is 85.2 Å². The molecule has 0 atom stereocenters. The maximum Gasteiger partial charge on any atom is 0.163 e. The molecule has 0 radical (unpaired) electrons. The molecule has 0 saturated carbocycles. The van der Waals surface area contributed by atoms with E-state index in [2.05, 4.69) is 83.0 Å². The third-order valence-electron chi connectivity index (χ3n) is 5.81. The highest BCUT2D eigenvalue weighted by Gasteiger charge is 2.18. The summed E-state index contributed by atoms with van der Waals surface area (Å²) >= 11 is 0. The van der Waals surface area contributed by atoms with E-state index in [0.29, 0.717) is 5.56 Å². The lowest BCUT2D eigenvalue weighted by atomic mass is 9.94. The zero-order valence-electron chi connectivity index (χ0n) is 18.6. The Balaban J connectivity index is 1.81. The number of pyridine rings is 1. The van der Waals surface area contributed by atoms with Gasteiger partial charge in [-0.3, -0.25) is 0 Å². The van der Waals surface area contributed by atoms with Gasteiger partial charge in [0.1, 0.15) is 6.33 Å². The lowest BCUT2D eigenvalue weighted by Crippen LogP contribution is -2.05. The van der Waals surface area contributed by atoms with Crippen LogP contribution in [0.1, 0.15) is 16.7 Å². The Hall–Kier alpha value is -4.27. The number of aromatic nitrogens is 3. The highest BCUT2D eigenvalue weighted by Crippen LogP contribution is 2.37. The number of hydrogen-bond acceptors (Lipinski definition) is 4. The quantitative estimate of drug-likeness (QED) is 0.393. The normalized spacial score (nSPS) is 10.9. The first-order valence-corrected chi connectivity index (χ1v) is 10.9. The van der Waals surface area contributed by atoms with Gasteiger partial charge in [0.05, 0.1) is 17.3 Å². The second kappa shape index (κ2) is 8.70. The van der Waals surface area contributed by atoms with Crippen LogP contribution in [0.5, 0.6) is 0 Å². The summed E-state index contributed by atoms with van der Waals surface area (Å²) in [5.74, 6) is 0. The number of nitrogens with one attached hydrogen (secondary N) is 1. The van der Waals surface area contributed by atoms with Gasteiger partial charge in [0.25, 0.3) is 0 Å². The van der Waals surface area contributed by atoms with E-state index < -0.39 is 0 Å². The molecule has 5 aromatic rings. The van der Waals surface area contributed by atoms with Crippen molar-refractivity contribution < 1.29 is 0 Å². The molecule has 160 valence electrons. The van der Waals surface area contributed by atoms with E-state index in [0.717, 1.165) is 45.7 Å². The van der Waals surface area contributed by atoms with Crippen molar-refractivity contribution in [2.75, 3.05) is 7.05 Å². The smallest absolute Gasteiger partial charge is 0.163 e. The van der Waals surface area contributed by atoms with Crippen LogP contribution in [-0.4, -0.2) is 21.6 Å². The van der Waals surface area contributed by atoms with Gasteiger partial charge in [0, 0.05) is 23.2 Å². The van der Waals surface area contributed by atoms with E-state index >= 15 is 0 Å². The Morgan fingerprint density at radius 2 is 1.64 bits per heavy atom. The van der Waals surface area contributed by atoms with Gasteiger partial charge in [0.15, 0.2) is 5.65 Å². The topological polar surface area (TPSA) is 66.0 Å². The molecule has 0 spiro atoms. The third kappa shape index (κ3) is 3.89. The fourth-order valence-electron chi connectivity index (χ4n) is 4.18. The summed E-state index contributed by atoms with van der Waals surface area (Å²) in [6.07, 6.45) is 1.61. The van der Waals surface area contributed by atoms with E-state index in [4.69, 9.17) is 0 Å². The molecule has 0 aliphatic rings. The van der Waals surface area contributed by atoms with Crippen molar-refractivity contribution in [3.05, 3.63) is 102 Å². The lowest BCUT2D eigenvalue weighted by molar-refractivity contribution is 0.818. The van der Waals surface area contributed by atoms with Crippen LogP contribution >= 0.6 is 0 Å². The molecule has 0 saturated heterocycles. The van der Waals surface area contributed by atoms with Crippen molar-refractivity contribution in [3.8, 4) is 39.6 Å². The number of benzene rings is 3. The minimum absolute atomic E-state index is 0.637. The molecule has 0 amide bonds. The molecule has 0 bridgehead atoms. The summed E-state index contributed by atoms with van der Waals surface area (Å²) in [6, 6.07) is 29.0. The van der Waals surface area contributed by atoms with Gasteiger partial charge in [-0.15, -0.1) is 0 Å². The SMILES string of the molecule is CNCc1cccc(-c2cc(-c3ccc(C#N)cc3)c(-c3ccc(C)cc3)n3ncnc23)c1. The highest BCUT2D eigenvalue weighted by molar-refractivity contribution is 5.90. The number of rotatable bonds is 5. The van der Waals surface area contributed by atoms with E-state index in [1.54, 1.807) is 6.33 Å². The molecule has 0 aliphatic carbocycles. The van der Waals surface area contributed by atoms with Crippen LogP contribution in [0.3, 0.4) is 0 Å². The number of hydrogen-bond donors (Lipinski definition) is 1. The van der Waals surface area contributed by atoms with Crippen molar-refractivity contribution in [1.29, 1.82) is 5.26 Å². The van der Waals surface area contributed by atoms with Crippen molar-refractivity contribution >= 4 is 5.65 Å². The van der Waals surface area contributed by atoms with Crippen LogP contribution in [0.4, 0.5) is 0 Å². The maximum atomic E-state index is 9.26. The van der Waals surface area contributed by atoms with Crippen molar-refractivity contribution in [1.82, 2.24) is 19.9 Å². The highest BCUT2D eigenvalue weighted by atomic mass is 15.3. The first-order chi connectivity index (χ1) is 16.2. The van der Waals surface area contributed by atoms with Crippen molar-refractivity contribution in [2.24, 2.45) is 0 Å². The van der Waals surface area contributed by atoms with Crippen LogP contribution < -0.4 is 5.32 Å². The first-order valence-electron chi connectivity index (χ1n) is 10.9. The van der Waals surface area contributed by atoms with Gasteiger partial charge < -0.3 is 5.32 Å². The van der Waals surface area contributed by atoms with Gasteiger partial charge >= 0.3 is 0 Å². The molecular weight excluding hydrogens is 406 g/mol. The molecule has 33 heavy (non-hydrogen) atoms.